The summed E-state index contributed by atoms with van der Waals surface area (Å²) >= 11 is -1.26. The van der Waals surface area contributed by atoms with E-state index in [1.165, 1.54) is 24.3 Å². The predicted octanol–water partition coefficient (Wildman–Crippen LogP) is 2.39. The molecule has 0 spiro atoms. The minimum Gasteiger partial charge on any atom is -0.606 e. The summed E-state index contributed by atoms with van der Waals surface area (Å²) in [6, 6.07) is 9.00. The monoisotopic (exact) mass is 221 g/mol. The first kappa shape index (κ1) is 10.1. The highest BCUT2D eigenvalue weighted by atomic mass is 32.2. The molecule has 0 fully saturated rings. The molecule has 0 N–H and O–H groups in total. The second-order valence-electron chi connectivity index (χ2n) is 2.91. The van der Waals surface area contributed by atoms with Crippen LogP contribution in [0.15, 0.2) is 58.6 Å². The van der Waals surface area contributed by atoms with Crippen LogP contribution in [0.4, 0.5) is 4.39 Å². The van der Waals surface area contributed by atoms with Gasteiger partial charge in [0.2, 0.25) is 0 Å². The summed E-state index contributed by atoms with van der Waals surface area (Å²) in [4.78, 5) is 5.09. The average Bonchev–Trinajstić information content (AvgIpc) is 2.30. The Labute approximate surface area is 90.0 Å². The maximum atomic E-state index is 12.6. The van der Waals surface area contributed by atoms with Gasteiger partial charge in [0.05, 0.1) is 0 Å². The molecule has 4 heteroatoms. The molecular weight excluding hydrogens is 213 g/mol. The second-order valence-corrected chi connectivity index (χ2v) is 4.39. The Morgan fingerprint density at radius 3 is 2.07 bits per heavy atom. The van der Waals surface area contributed by atoms with E-state index in [-0.39, 0.29) is 5.82 Å². The zero-order valence-electron chi connectivity index (χ0n) is 7.76. The second kappa shape index (κ2) is 4.42. The van der Waals surface area contributed by atoms with Crippen LogP contribution in [0.2, 0.25) is 0 Å². The molecule has 0 radical (unpaired) electrons. The summed E-state index contributed by atoms with van der Waals surface area (Å²) in [7, 11) is 0. The summed E-state index contributed by atoms with van der Waals surface area (Å²) in [5.41, 5.74) is 0. The van der Waals surface area contributed by atoms with Crippen molar-refractivity contribution < 1.29 is 8.94 Å². The molecule has 2 nitrogen and oxygen atoms in total. The van der Waals surface area contributed by atoms with Gasteiger partial charge in [0.1, 0.15) is 5.82 Å². The highest BCUT2D eigenvalue weighted by molar-refractivity contribution is 7.91. The summed E-state index contributed by atoms with van der Waals surface area (Å²) in [6.07, 6.45) is 3.16. The third-order valence-corrected chi connectivity index (χ3v) is 3.29. The molecule has 0 bridgehead atoms. The van der Waals surface area contributed by atoms with Crippen LogP contribution in [-0.2, 0) is 11.2 Å². The van der Waals surface area contributed by atoms with E-state index >= 15 is 0 Å². The van der Waals surface area contributed by atoms with E-state index in [1.807, 2.05) is 0 Å². The van der Waals surface area contributed by atoms with E-state index in [9.17, 15) is 8.94 Å². The van der Waals surface area contributed by atoms with Crippen LogP contribution in [0.3, 0.4) is 0 Å². The lowest BCUT2D eigenvalue weighted by molar-refractivity contribution is 0.593. The topological polar surface area (TPSA) is 36.0 Å². The molecular formula is C11H8FNOS. The van der Waals surface area contributed by atoms with Crippen LogP contribution in [-0.4, -0.2) is 9.54 Å². The van der Waals surface area contributed by atoms with Gasteiger partial charge in [-0.15, -0.1) is 0 Å². The molecule has 2 rings (SSSR count). The summed E-state index contributed by atoms with van der Waals surface area (Å²) in [6.45, 7) is 0. The summed E-state index contributed by atoms with van der Waals surface area (Å²) in [5.74, 6) is -0.328. The maximum Gasteiger partial charge on any atom is 0.161 e. The van der Waals surface area contributed by atoms with E-state index in [2.05, 4.69) is 4.98 Å². The third-order valence-electron chi connectivity index (χ3n) is 1.89. The van der Waals surface area contributed by atoms with Crippen LogP contribution in [0.1, 0.15) is 0 Å². The Morgan fingerprint density at radius 1 is 0.933 bits per heavy atom. The zero-order chi connectivity index (χ0) is 10.7. The van der Waals surface area contributed by atoms with Gasteiger partial charge in [-0.05, 0) is 24.3 Å². The van der Waals surface area contributed by atoms with Gasteiger partial charge in [-0.3, -0.25) is 4.98 Å². The van der Waals surface area contributed by atoms with Gasteiger partial charge < -0.3 is 4.55 Å². The van der Waals surface area contributed by atoms with Gasteiger partial charge in [-0.2, -0.15) is 0 Å². The molecule has 1 aromatic carbocycles. The lowest BCUT2D eigenvalue weighted by Gasteiger charge is -2.08. The molecule has 0 aliphatic carbocycles. The van der Waals surface area contributed by atoms with Crippen molar-refractivity contribution in [3.05, 3.63) is 54.6 Å². The number of nitrogens with zero attached hydrogens (tertiary/aromatic N) is 1. The standard InChI is InChI=1S/C11H8FNOS/c12-9-1-3-10(4-2-9)15(14)11-5-7-13-8-6-11/h1-8H. The molecule has 15 heavy (non-hydrogen) atoms. The third kappa shape index (κ3) is 2.34. The fourth-order valence-electron chi connectivity index (χ4n) is 1.16. The summed E-state index contributed by atoms with van der Waals surface area (Å²) < 4.78 is 24.6. The highest BCUT2D eigenvalue weighted by Gasteiger charge is 2.13. The minimum atomic E-state index is -1.26. The van der Waals surface area contributed by atoms with Crippen molar-refractivity contribution in [2.45, 2.75) is 9.79 Å². The number of rotatable bonds is 2. The highest BCUT2D eigenvalue weighted by Crippen LogP contribution is 2.19. The van der Waals surface area contributed by atoms with Gasteiger partial charge in [-0.25, -0.2) is 4.39 Å². The number of aromatic nitrogens is 1. The molecule has 1 aromatic heterocycles. The van der Waals surface area contributed by atoms with Crippen molar-refractivity contribution in [1.82, 2.24) is 4.98 Å². The Hall–Kier alpha value is -1.39. The largest absolute Gasteiger partial charge is 0.606 e. The van der Waals surface area contributed by atoms with Crippen molar-refractivity contribution in [3.63, 3.8) is 0 Å². The normalized spacial score (nSPS) is 12.4. The molecule has 0 amide bonds. The molecule has 2 aromatic rings. The van der Waals surface area contributed by atoms with Crippen LogP contribution < -0.4 is 0 Å². The van der Waals surface area contributed by atoms with Gasteiger partial charge >= 0.3 is 0 Å². The lowest BCUT2D eigenvalue weighted by Crippen LogP contribution is -2.01. The fraction of sp³-hybridized carbons (Fsp3) is 0. The molecule has 1 heterocycles. The Bertz CT molecular complexity index is 432. The van der Waals surface area contributed by atoms with Gasteiger partial charge in [0.15, 0.2) is 9.79 Å². The van der Waals surface area contributed by atoms with Crippen molar-refractivity contribution >= 4 is 11.2 Å². The van der Waals surface area contributed by atoms with Crippen LogP contribution in [0.5, 0.6) is 0 Å². The molecule has 0 saturated heterocycles. The molecule has 0 aliphatic rings. The SMILES string of the molecule is [O-][S+](c1ccncc1)c1ccc(F)cc1. The van der Waals surface area contributed by atoms with E-state index in [0.29, 0.717) is 9.79 Å². The van der Waals surface area contributed by atoms with Gasteiger partial charge in [0, 0.05) is 35.7 Å². The first-order chi connectivity index (χ1) is 7.27. The van der Waals surface area contributed by atoms with Crippen LogP contribution in [0, 0.1) is 5.82 Å². The quantitative estimate of drug-likeness (QED) is 0.730. The predicted molar refractivity (Wildman–Crippen MR) is 55.3 cm³/mol. The molecule has 0 aliphatic heterocycles. The molecule has 1 atom stereocenters. The van der Waals surface area contributed by atoms with Crippen LogP contribution >= 0.6 is 0 Å². The van der Waals surface area contributed by atoms with E-state index in [0.717, 1.165) is 0 Å². The number of benzene rings is 1. The summed E-state index contributed by atoms with van der Waals surface area (Å²) in [5, 5.41) is 0. The van der Waals surface area contributed by atoms with Gasteiger partial charge in [-0.1, -0.05) is 0 Å². The number of hydrogen-bond donors (Lipinski definition) is 0. The Morgan fingerprint density at radius 2 is 1.47 bits per heavy atom. The Kier molecular flexibility index (Phi) is 2.99. The number of pyridine rings is 1. The van der Waals surface area contributed by atoms with Crippen molar-refractivity contribution in [2.24, 2.45) is 0 Å². The molecule has 0 saturated carbocycles. The fourth-order valence-corrected chi connectivity index (χ4v) is 2.18. The van der Waals surface area contributed by atoms with Crippen molar-refractivity contribution in [3.8, 4) is 0 Å². The van der Waals surface area contributed by atoms with Gasteiger partial charge in [0.25, 0.3) is 0 Å². The first-order valence-electron chi connectivity index (χ1n) is 4.35. The van der Waals surface area contributed by atoms with Crippen molar-refractivity contribution in [1.29, 1.82) is 0 Å². The molecule has 76 valence electrons. The smallest absolute Gasteiger partial charge is 0.161 e. The average molecular weight is 221 g/mol. The molecule has 1 unspecified atom stereocenters. The van der Waals surface area contributed by atoms with E-state index in [4.69, 9.17) is 0 Å². The zero-order valence-corrected chi connectivity index (χ0v) is 8.58. The van der Waals surface area contributed by atoms with Crippen LogP contribution in [0.25, 0.3) is 0 Å². The van der Waals surface area contributed by atoms with E-state index in [1.54, 1.807) is 24.5 Å². The first-order valence-corrected chi connectivity index (χ1v) is 5.50. The number of halogens is 1. The maximum absolute atomic E-state index is 12.6. The lowest BCUT2D eigenvalue weighted by atomic mass is 10.4. The van der Waals surface area contributed by atoms with Crippen molar-refractivity contribution in [2.75, 3.05) is 0 Å². The van der Waals surface area contributed by atoms with E-state index < -0.39 is 11.2 Å². The Balaban J connectivity index is 2.29. The number of hydrogen-bond acceptors (Lipinski definition) is 2. The minimum absolute atomic E-state index is 0.328.